The van der Waals surface area contributed by atoms with Gasteiger partial charge in [0.25, 0.3) is 10.0 Å². The zero-order valence-electron chi connectivity index (χ0n) is 23.9. The number of carbonyl (C=O) groups excluding carboxylic acids is 2. The molecule has 3 aromatic carbocycles. The van der Waals surface area contributed by atoms with Crippen LogP contribution in [0.2, 0.25) is 10.0 Å². The number of nitrogens with zero attached hydrogens (tertiary/aromatic N) is 2. The Labute approximate surface area is 258 Å². The van der Waals surface area contributed by atoms with Crippen molar-refractivity contribution in [1.82, 2.24) is 10.2 Å². The van der Waals surface area contributed by atoms with Crippen molar-refractivity contribution in [2.75, 3.05) is 10.8 Å². The highest BCUT2D eigenvalue weighted by molar-refractivity contribution is 7.92. The Morgan fingerprint density at radius 2 is 1.60 bits per heavy atom. The number of aryl methyl sites for hydroxylation is 1. The second kappa shape index (κ2) is 14.4. The van der Waals surface area contributed by atoms with Crippen LogP contribution in [0.4, 0.5) is 5.69 Å². The number of para-hydroxylation sites is 1. The second-order valence-electron chi connectivity index (χ2n) is 10.7. The molecule has 0 unspecified atom stereocenters. The molecule has 0 spiro atoms. The van der Waals surface area contributed by atoms with Crippen molar-refractivity contribution >= 4 is 50.7 Å². The van der Waals surface area contributed by atoms with E-state index in [1.165, 1.54) is 17.0 Å². The minimum Gasteiger partial charge on any atom is -0.352 e. The highest BCUT2D eigenvalue weighted by Gasteiger charge is 2.34. The minimum atomic E-state index is -4.11. The number of carbonyl (C=O) groups is 2. The van der Waals surface area contributed by atoms with E-state index in [-0.39, 0.29) is 23.4 Å². The first-order valence-corrected chi connectivity index (χ1v) is 16.5. The number of sulfonamides is 1. The molecule has 7 nitrogen and oxygen atoms in total. The zero-order chi connectivity index (χ0) is 30.3. The zero-order valence-corrected chi connectivity index (χ0v) is 26.3. The lowest BCUT2D eigenvalue weighted by Gasteiger charge is -2.34. The van der Waals surface area contributed by atoms with Gasteiger partial charge in [0.1, 0.15) is 12.6 Å². The molecule has 1 N–H and O–H groups in total. The van der Waals surface area contributed by atoms with Crippen molar-refractivity contribution < 1.29 is 18.0 Å². The van der Waals surface area contributed by atoms with Gasteiger partial charge < -0.3 is 10.2 Å². The van der Waals surface area contributed by atoms with Crippen molar-refractivity contribution in [3.8, 4) is 0 Å². The van der Waals surface area contributed by atoms with E-state index in [1.807, 2.05) is 13.8 Å². The average molecular weight is 631 g/mol. The van der Waals surface area contributed by atoms with Gasteiger partial charge in [0, 0.05) is 12.6 Å². The number of hydrogen-bond acceptors (Lipinski definition) is 4. The number of nitrogens with one attached hydrogen (secondary N) is 1. The maximum atomic E-state index is 14.2. The van der Waals surface area contributed by atoms with E-state index in [2.05, 4.69) is 5.32 Å². The Morgan fingerprint density at radius 1 is 0.929 bits per heavy atom. The molecule has 1 aliphatic carbocycles. The summed E-state index contributed by atoms with van der Waals surface area (Å²) >= 11 is 12.4. The normalized spacial score (nSPS) is 14.7. The SMILES string of the molecule is CC[C@@H](C(=O)NC1CCCCC1)N(Cc1ccc(Cl)c(Cl)c1)C(=O)CN(c1ccccc1)S(=O)(=O)c1ccc(C)cc1. The summed E-state index contributed by atoms with van der Waals surface area (Å²) in [6.45, 7) is 3.28. The molecule has 0 radical (unpaired) electrons. The van der Waals surface area contributed by atoms with E-state index in [4.69, 9.17) is 23.2 Å². The van der Waals surface area contributed by atoms with Crippen LogP contribution in [0.3, 0.4) is 0 Å². The van der Waals surface area contributed by atoms with Crippen LogP contribution in [-0.4, -0.2) is 43.8 Å². The van der Waals surface area contributed by atoms with Crippen molar-refractivity contribution in [2.45, 2.75) is 75.9 Å². The molecule has 1 fully saturated rings. The van der Waals surface area contributed by atoms with E-state index < -0.39 is 28.5 Å². The third kappa shape index (κ3) is 7.85. The average Bonchev–Trinajstić information content (AvgIpc) is 2.98. The van der Waals surface area contributed by atoms with E-state index in [0.717, 1.165) is 42.0 Å². The molecule has 1 aliphatic rings. The summed E-state index contributed by atoms with van der Waals surface area (Å²) in [5.74, 6) is -0.753. The molecule has 224 valence electrons. The molecule has 0 bridgehead atoms. The number of halogens is 2. The van der Waals surface area contributed by atoms with Crippen LogP contribution in [0.1, 0.15) is 56.6 Å². The molecule has 0 aromatic heterocycles. The van der Waals surface area contributed by atoms with E-state index in [9.17, 15) is 18.0 Å². The van der Waals surface area contributed by atoms with Gasteiger partial charge in [-0.3, -0.25) is 13.9 Å². The maximum absolute atomic E-state index is 14.2. The van der Waals surface area contributed by atoms with E-state index in [1.54, 1.807) is 60.7 Å². The quantitative estimate of drug-likeness (QED) is 0.254. The van der Waals surface area contributed by atoms with Crippen LogP contribution in [0.25, 0.3) is 0 Å². The van der Waals surface area contributed by atoms with E-state index in [0.29, 0.717) is 27.7 Å². The van der Waals surface area contributed by atoms with Gasteiger partial charge in [-0.15, -0.1) is 0 Å². The van der Waals surface area contributed by atoms with Gasteiger partial charge >= 0.3 is 0 Å². The Bertz CT molecular complexity index is 1480. The third-order valence-corrected chi connectivity index (χ3v) is 10.1. The Hall–Kier alpha value is -3.07. The van der Waals surface area contributed by atoms with Gasteiger partial charge in [-0.05, 0) is 68.1 Å². The monoisotopic (exact) mass is 629 g/mol. The van der Waals surface area contributed by atoms with Gasteiger partial charge in [0.15, 0.2) is 0 Å². The molecule has 42 heavy (non-hydrogen) atoms. The molecule has 0 saturated heterocycles. The molecule has 0 heterocycles. The summed E-state index contributed by atoms with van der Waals surface area (Å²) in [4.78, 5) is 29.3. The molecular formula is C32H37Cl2N3O4S. The number of amides is 2. The Morgan fingerprint density at radius 3 is 2.21 bits per heavy atom. The molecule has 4 rings (SSSR count). The summed E-state index contributed by atoms with van der Waals surface area (Å²) in [6.07, 6.45) is 5.41. The first-order valence-electron chi connectivity index (χ1n) is 14.3. The molecule has 0 aliphatic heterocycles. The van der Waals surface area contributed by atoms with Crippen LogP contribution < -0.4 is 9.62 Å². The number of rotatable bonds is 11. The van der Waals surface area contributed by atoms with Crippen LogP contribution in [0, 0.1) is 6.92 Å². The lowest BCUT2D eigenvalue weighted by Crippen LogP contribution is -2.54. The van der Waals surface area contributed by atoms with Gasteiger partial charge in [0.2, 0.25) is 11.8 Å². The fraction of sp³-hybridized carbons (Fsp3) is 0.375. The molecule has 10 heteroatoms. The van der Waals surface area contributed by atoms with Gasteiger partial charge in [-0.25, -0.2) is 8.42 Å². The first kappa shape index (κ1) is 31.9. The van der Waals surface area contributed by atoms with Crippen LogP contribution in [-0.2, 0) is 26.2 Å². The van der Waals surface area contributed by atoms with Crippen molar-refractivity contribution in [2.24, 2.45) is 0 Å². The Kier molecular flexibility index (Phi) is 10.9. The van der Waals surface area contributed by atoms with Crippen molar-refractivity contribution in [3.63, 3.8) is 0 Å². The van der Waals surface area contributed by atoms with Crippen LogP contribution in [0.5, 0.6) is 0 Å². The molecule has 3 aromatic rings. The minimum absolute atomic E-state index is 0.0551. The molecule has 2 amide bonds. The number of benzene rings is 3. The maximum Gasteiger partial charge on any atom is 0.264 e. The first-order chi connectivity index (χ1) is 20.1. The van der Waals surface area contributed by atoms with E-state index >= 15 is 0 Å². The summed E-state index contributed by atoms with van der Waals surface area (Å²) in [6, 6.07) is 19.3. The standard InChI is InChI=1S/C32H37Cl2N3O4S/c1-3-30(32(39)35-25-10-6-4-7-11-25)36(21-24-16-19-28(33)29(34)20-24)31(38)22-37(26-12-8-5-9-13-26)42(40,41)27-17-14-23(2)15-18-27/h5,8-9,12-20,25,30H,3-4,6-7,10-11,21-22H2,1-2H3,(H,35,39)/t30-/m0/s1. The lowest BCUT2D eigenvalue weighted by atomic mass is 9.95. The molecule has 1 saturated carbocycles. The van der Waals surface area contributed by atoms with Gasteiger partial charge in [-0.1, -0.05) is 91.3 Å². The largest absolute Gasteiger partial charge is 0.352 e. The number of hydrogen-bond donors (Lipinski definition) is 1. The third-order valence-electron chi connectivity index (χ3n) is 7.61. The smallest absolute Gasteiger partial charge is 0.264 e. The topological polar surface area (TPSA) is 86.8 Å². The van der Waals surface area contributed by atoms with Gasteiger partial charge in [-0.2, -0.15) is 0 Å². The van der Waals surface area contributed by atoms with Gasteiger partial charge in [0.05, 0.1) is 20.6 Å². The predicted octanol–water partition coefficient (Wildman–Crippen LogP) is 6.75. The summed E-state index contributed by atoms with van der Waals surface area (Å²) < 4.78 is 28.9. The highest BCUT2D eigenvalue weighted by atomic mass is 35.5. The van der Waals surface area contributed by atoms with Crippen molar-refractivity contribution in [1.29, 1.82) is 0 Å². The summed E-state index contributed by atoms with van der Waals surface area (Å²) in [7, 11) is -4.11. The molecular weight excluding hydrogens is 593 g/mol. The second-order valence-corrected chi connectivity index (χ2v) is 13.4. The molecule has 1 atom stereocenters. The summed E-state index contributed by atoms with van der Waals surface area (Å²) in [5, 5.41) is 3.85. The Balaban J connectivity index is 1.70. The van der Waals surface area contributed by atoms with Crippen LogP contribution >= 0.6 is 23.2 Å². The van der Waals surface area contributed by atoms with Crippen LogP contribution in [0.15, 0.2) is 77.7 Å². The van der Waals surface area contributed by atoms with Crippen molar-refractivity contribution in [3.05, 3.63) is 94.0 Å². The fourth-order valence-electron chi connectivity index (χ4n) is 5.26. The summed E-state index contributed by atoms with van der Waals surface area (Å²) in [5.41, 5.74) is 1.94. The number of anilines is 1. The lowest BCUT2D eigenvalue weighted by molar-refractivity contribution is -0.140. The fourth-order valence-corrected chi connectivity index (χ4v) is 6.99. The predicted molar refractivity (Wildman–Crippen MR) is 168 cm³/mol. The highest BCUT2D eigenvalue weighted by Crippen LogP contribution is 2.27.